The van der Waals surface area contributed by atoms with Crippen LogP contribution in [0.4, 0.5) is 0 Å². The molecule has 4 aromatic rings. The molecule has 0 aliphatic carbocycles. The summed E-state index contributed by atoms with van der Waals surface area (Å²) in [5, 5.41) is 8.95. The number of piperidine rings is 1. The number of amides is 1. The highest BCUT2D eigenvalue weighted by Crippen LogP contribution is 2.29. The summed E-state index contributed by atoms with van der Waals surface area (Å²) >= 11 is 0. The average Bonchev–Trinajstić information content (AvgIpc) is 3.35. The number of aryl methyl sites for hydroxylation is 1. The van der Waals surface area contributed by atoms with E-state index in [-0.39, 0.29) is 17.4 Å². The maximum atomic E-state index is 12.7. The van der Waals surface area contributed by atoms with Crippen LogP contribution in [0.25, 0.3) is 22.4 Å². The minimum absolute atomic E-state index is 0.125. The molecular formula is C24H24N6O3. The number of H-pyrrole nitrogens is 1. The molecule has 1 fully saturated rings. The number of likely N-dealkylation sites (tertiary alicyclic amines) is 1. The first-order valence-corrected chi connectivity index (χ1v) is 11.2. The van der Waals surface area contributed by atoms with E-state index in [4.69, 9.17) is 4.42 Å². The van der Waals surface area contributed by atoms with Gasteiger partial charge in [0.2, 0.25) is 17.7 Å². The molecule has 9 heteroatoms. The summed E-state index contributed by atoms with van der Waals surface area (Å²) in [6, 6.07) is 10.9. The normalized spacial score (nSPS) is 14.6. The first kappa shape index (κ1) is 21.0. The molecule has 168 valence electrons. The molecule has 3 aromatic heterocycles. The zero-order chi connectivity index (χ0) is 22.6. The fourth-order valence-corrected chi connectivity index (χ4v) is 4.20. The Morgan fingerprint density at radius 1 is 1.09 bits per heavy atom. The lowest BCUT2D eigenvalue weighted by Crippen LogP contribution is -2.37. The third-order valence-electron chi connectivity index (χ3n) is 6.03. The van der Waals surface area contributed by atoms with Gasteiger partial charge in [-0.3, -0.25) is 14.6 Å². The fourth-order valence-electron chi connectivity index (χ4n) is 4.20. The largest absolute Gasteiger partial charge is 0.420 e. The van der Waals surface area contributed by atoms with Gasteiger partial charge in [-0.15, -0.1) is 10.2 Å². The summed E-state index contributed by atoms with van der Waals surface area (Å²) in [7, 11) is 0. The predicted octanol–water partition coefficient (Wildman–Crippen LogP) is 3.10. The van der Waals surface area contributed by atoms with Crippen molar-refractivity contribution in [3.63, 3.8) is 0 Å². The Labute approximate surface area is 189 Å². The summed E-state index contributed by atoms with van der Waals surface area (Å²) in [5.74, 6) is 2.02. The highest BCUT2D eigenvalue weighted by molar-refractivity contribution is 5.77. The van der Waals surface area contributed by atoms with Crippen molar-refractivity contribution in [2.75, 3.05) is 13.1 Å². The van der Waals surface area contributed by atoms with Crippen molar-refractivity contribution in [2.45, 2.75) is 38.0 Å². The van der Waals surface area contributed by atoms with Gasteiger partial charge in [0.05, 0.1) is 10.9 Å². The summed E-state index contributed by atoms with van der Waals surface area (Å²) in [6.07, 6.45) is 6.59. The van der Waals surface area contributed by atoms with E-state index >= 15 is 0 Å². The molecule has 0 spiro atoms. The second kappa shape index (κ2) is 9.32. The maximum Gasteiger partial charge on any atom is 0.258 e. The van der Waals surface area contributed by atoms with Crippen LogP contribution in [0.5, 0.6) is 0 Å². The van der Waals surface area contributed by atoms with Crippen LogP contribution < -0.4 is 5.56 Å². The number of hydrogen-bond donors (Lipinski definition) is 1. The molecule has 1 amide bonds. The topological polar surface area (TPSA) is 118 Å². The molecule has 9 nitrogen and oxygen atoms in total. The minimum Gasteiger partial charge on any atom is -0.420 e. The Bertz CT molecular complexity index is 1310. The lowest BCUT2D eigenvalue weighted by atomic mass is 9.96. The minimum atomic E-state index is -0.142. The van der Waals surface area contributed by atoms with Crippen LogP contribution in [-0.2, 0) is 11.2 Å². The second-order valence-corrected chi connectivity index (χ2v) is 8.22. The number of fused-ring (bicyclic) bond motifs is 1. The Kier molecular flexibility index (Phi) is 5.93. The Hall–Kier alpha value is -3.88. The van der Waals surface area contributed by atoms with Crippen LogP contribution in [0.2, 0.25) is 0 Å². The molecule has 0 radical (unpaired) electrons. The number of hydrogen-bond acceptors (Lipinski definition) is 7. The van der Waals surface area contributed by atoms with E-state index in [0.29, 0.717) is 60.9 Å². The first-order valence-electron chi connectivity index (χ1n) is 11.2. The molecule has 0 bridgehead atoms. The molecule has 33 heavy (non-hydrogen) atoms. The van der Waals surface area contributed by atoms with E-state index in [1.807, 2.05) is 35.2 Å². The monoisotopic (exact) mass is 444 g/mol. The molecule has 1 aromatic carbocycles. The summed E-state index contributed by atoms with van der Waals surface area (Å²) in [6.45, 7) is 1.34. The molecule has 1 N–H and O–H groups in total. The summed E-state index contributed by atoms with van der Waals surface area (Å²) in [4.78, 5) is 38.1. The zero-order valence-corrected chi connectivity index (χ0v) is 18.1. The first-order chi connectivity index (χ1) is 16.2. The van der Waals surface area contributed by atoms with Crippen LogP contribution in [0, 0.1) is 0 Å². The smallest absolute Gasteiger partial charge is 0.258 e. The number of carbonyl (C=O) groups excluding carboxylic acids is 1. The molecule has 0 saturated carbocycles. The molecule has 1 aliphatic rings. The quantitative estimate of drug-likeness (QED) is 0.485. The van der Waals surface area contributed by atoms with Crippen molar-refractivity contribution in [1.82, 2.24) is 30.0 Å². The van der Waals surface area contributed by atoms with Gasteiger partial charge < -0.3 is 14.3 Å². The van der Waals surface area contributed by atoms with E-state index in [9.17, 15) is 9.59 Å². The van der Waals surface area contributed by atoms with Crippen molar-refractivity contribution < 1.29 is 9.21 Å². The number of nitrogens with one attached hydrogen (secondary N) is 1. The number of carbonyl (C=O) groups is 1. The van der Waals surface area contributed by atoms with Crippen molar-refractivity contribution in [2.24, 2.45) is 0 Å². The van der Waals surface area contributed by atoms with Gasteiger partial charge in [0, 0.05) is 49.8 Å². The third kappa shape index (κ3) is 4.67. The van der Waals surface area contributed by atoms with E-state index in [1.54, 1.807) is 18.5 Å². The standard InChI is InChI=1S/C24H24N6O3/c31-21(7-3-6-20-26-19-5-2-1-4-18(19)22(32)27-20)30-14-10-17(11-15-30)24-29-28-23(33-24)16-8-12-25-13-9-16/h1-2,4-5,8-9,12-13,17H,3,6-7,10-11,14-15H2,(H,26,27,32). The van der Waals surface area contributed by atoms with Gasteiger partial charge in [-0.25, -0.2) is 4.98 Å². The molecule has 0 atom stereocenters. The Morgan fingerprint density at radius 2 is 1.88 bits per heavy atom. The molecule has 0 unspecified atom stereocenters. The lowest BCUT2D eigenvalue weighted by Gasteiger charge is -2.30. The van der Waals surface area contributed by atoms with Crippen LogP contribution in [0.3, 0.4) is 0 Å². The Morgan fingerprint density at radius 3 is 2.70 bits per heavy atom. The van der Waals surface area contributed by atoms with Crippen LogP contribution in [0.1, 0.15) is 43.3 Å². The molecular weight excluding hydrogens is 420 g/mol. The van der Waals surface area contributed by atoms with Crippen molar-refractivity contribution in [3.05, 3.63) is 70.9 Å². The van der Waals surface area contributed by atoms with E-state index < -0.39 is 0 Å². The third-order valence-corrected chi connectivity index (χ3v) is 6.03. The Balaban J connectivity index is 1.12. The highest BCUT2D eigenvalue weighted by Gasteiger charge is 2.27. The van der Waals surface area contributed by atoms with Gasteiger partial charge in [0.25, 0.3) is 5.56 Å². The predicted molar refractivity (Wildman–Crippen MR) is 121 cm³/mol. The second-order valence-electron chi connectivity index (χ2n) is 8.22. The number of aromatic nitrogens is 5. The lowest BCUT2D eigenvalue weighted by molar-refractivity contribution is -0.132. The van der Waals surface area contributed by atoms with Gasteiger partial charge in [-0.2, -0.15) is 0 Å². The van der Waals surface area contributed by atoms with Crippen LogP contribution in [-0.4, -0.2) is 49.0 Å². The van der Waals surface area contributed by atoms with Gasteiger partial charge in [0.1, 0.15) is 5.82 Å². The number of pyridine rings is 1. The van der Waals surface area contributed by atoms with Gasteiger partial charge in [-0.1, -0.05) is 12.1 Å². The van der Waals surface area contributed by atoms with Crippen LogP contribution in [0.15, 0.2) is 58.0 Å². The van der Waals surface area contributed by atoms with Gasteiger partial charge >= 0.3 is 0 Å². The number of benzene rings is 1. The van der Waals surface area contributed by atoms with Gasteiger partial charge in [0.15, 0.2) is 0 Å². The van der Waals surface area contributed by atoms with Crippen molar-refractivity contribution in [1.29, 1.82) is 0 Å². The number of para-hydroxylation sites is 1. The number of nitrogens with zero attached hydrogens (tertiary/aromatic N) is 5. The number of rotatable bonds is 6. The molecule has 5 rings (SSSR count). The fraction of sp³-hybridized carbons (Fsp3) is 0.333. The number of aromatic amines is 1. The zero-order valence-electron chi connectivity index (χ0n) is 18.1. The molecule has 1 saturated heterocycles. The van der Waals surface area contributed by atoms with Crippen LogP contribution >= 0.6 is 0 Å². The van der Waals surface area contributed by atoms with E-state index in [1.165, 1.54) is 0 Å². The SMILES string of the molecule is O=C(CCCc1nc2ccccc2c(=O)[nH]1)N1CCC(c2nnc(-c3ccncc3)o2)CC1. The van der Waals surface area contributed by atoms with Crippen molar-refractivity contribution in [3.8, 4) is 11.5 Å². The molecule has 4 heterocycles. The molecule has 1 aliphatic heterocycles. The van der Waals surface area contributed by atoms with E-state index in [0.717, 1.165) is 18.4 Å². The maximum absolute atomic E-state index is 12.7. The average molecular weight is 444 g/mol. The van der Waals surface area contributed by atoms with E-state index in [2.05, 4.69) is 25.1 Å². The van der Waals surface area contributed by atoms with Crippen molar-refractivity contribution >= 4 is 16.8 Å². The summed E-state index contributed by atoms with van der Waals surface area (Å²) < 4.78 is 5.87. The summed E-state index contributed by atoms with van der Waals surface area (Å²) in [5.41, 5.74) is 1.38. The highest BCUT2D eigenvalue weighted by atomic mass is 16.4. The van der Waals surface area contributed by atoms with Gasteiger partial charge in [-0.05, 0) is 43.5 Å².